The van der Waals surface area contributed by atoms with Crippen molar-refractivity contribution in [2.45, 2.75) is 75.5 Å². The molecule has 3 N–H and O–H groups in total. The number of tetrazole rings is 1. The van der Waals surface area contributed by atoms with Crippen molar-refractivity contribution in [3.8, 4) is 0 Å². The number of nitrogens with two attached hydrogens (primary N) is 1. The lowest BCUT2D eigenvalue weighted by Crippen LogP contribution is -2.70. The van der Waals surface area contributed by atoms with Crippen LogP contribution in [0.25, 0.3) is 0 Å². The molecule has 0 aliphatic carbocycles. The lowest BCUT2D eigenvalue weighted by Gasteiger charge is -2.49. The molecule has 4 rings (SSSR count). The molecule has 0 aromatic carbocycles. The fourth-order valence-electron chi connectivity index (χ4n) is 4.49. The summed E-state index contributed by atoms with van der Waals surface area (Å²) in [5.41, 5.74) is 6.80. The number of nitrogens with zero attached hydrogens (tertiary/aromatic N) is 7. The number of rotatable bonds is 15. The SMILES string of the molecule is CCCC(C)OC(=O)OC(C)OC(=O)C1=C(CSc2nnnn2CCN(C)C)CS[C@H]2[C@H](NC(=O)Cc3csc(N)n3)C(=O)N12. The van der Waals surface area contributed by atoms with Crippen molar-refractivity contribution in [2.75, 3.05) is 37.9 Å². The van der Waals surface area contributed by atoms with E-state index in [0.717, 1.165) is 13.0 Å². The van der Waals surface area contributed by atoms with E-state index in [9.17, 15) is 19.2 Å². The average molecular weight is 684 g/mol. The minimum absolute atomic E-state index is 0.0320. The topological polar surface area (TPSA) is 197 Å². The van der Waals surface area contributed by atoms with Crippen LogP contribution in [0.1, 0.15) is 39.3 Å². The highest BCUT2D eigenvalue weighted by Gasteiger charge is 2.54. The zero-order chi connectivity index (χ0) is 32.7. The maximum Gasteiger partial charge on any atom is 0.511 e. The minimum atomic E-state index is -1.29. The Labute approximate surface area is 272 Å². The van der Waals surface area contributed by atoms with E-state index in [1.165, 1.54) is 46.7 Å². The molecule has 2 aliphatic rings. The number of hydrogen-bond acceptors (Lipinski definition) is 16. The molecule has 1 saturated heterocycles. The van der Waals surface area contributed by atoms with Crippen LogP contribution in [-0.4, -0.2) is 115 Å². The van der Waals surface area contributed by atoms with Crippen molar-refractivity contribution in [1.29, 1.82) is 0 Å². The second kappa shape index (κ2) is 15.7. The monoisotopic (exact) mass is 683 g/mol. The van der Waals surface area contributed by atoms with Crippen LogP contribution >= 0.6 is 34.9 Å². The van der Waals surface area contributed by atoms with Crippen molar-refractivity contribution in [2.24, 2.45) is 0 Å². The molecule has 2 amide bonds. The van der Waals surface area contributed by atoms with Gasteiger partial charge in [0.15, 0.2) is 5.13 Å². The molecule has 2 unspecified atom stereocenters. The van der Waals surface area contributed by atoms with Gasteiger partial charge in [0.1, 0.15) is 23.2 Å². The number of aromatic nitrogens is 5. The number of anilines is 1. The van der Waals surface area contributed by atoms with Crippen LogP contribution in [0.4, 0.5) is 9.93 Å². The number of amides is 2. The summed E-state index contributed by atoms with van der Waals surface area (Å²) in [7, 11) is 3.89. The Morgan fingerprint density at radius 3 is 2.71 bits per heavy atom. The Balaban J connectivity index is 1.48. The summed E-state index contributed by atoms with van der Waals surface area (Å²) in [6, 6.07) is -0.850. The van der Waals surface area contributed by atoms with Gasteiger partial charge in [0.2, 0.25) is 17.4 Å². The van der Waals surface area contributed by atoms with Gasteiger partial charge < -0.3 is 30.2 Å². The van der Waals surface area contributed by atoms with E-state index in [2.05, 4.69) is 25.8 Å². The molecule has 16 nitrogen and oxygen atoms in total. The molecular weight excluding hydrogens is 647 g/mol. The lowest BCUT2D eigenvalue weighted by atomic mass is 10.0. The highest BCUT2D eigenvalue weighted by Crippen LogP contribution is 2.42. The number of ether oxygens (including phenoxy) is 3. The molecule has 246 valence electrons. The van der Waals surface area contributed by atoms with E-state index in [4.69, 9.17) is 19.9 Å². The fourth-order valence-corrected chi connectivity index (χ4v) is 7.44. The smallest absolute Gasteiger partial charge is 0.431 e. The minimum Gasteiger partial charge on any atom is -0.431 e. The van der Waals surface area contributed by atoms with Crippen LogP contribution in [0.2, 0.25) is 0 Å². The Kier molecular flexibility index (Phi) is 12.0. The van der Waals surface area contributed by atoms with E-state index in [1.807, 2.05) is 25.9 Å². The first-order chi connectivity index (χ1) is 21.5. The first kappa shape index (κ1) is 34.5. The number of thiazole rings is 1. The Hall–Kier alpha value is -3.42. The molecule has 45 heavy (non-hydrogen) atoms. The molecule has 4 atom stereocenters. The summed E-state index contributed by atoms with van der Waals surface area (Å²) < 4.78 is 17.5. The molecule has 19 heteroatoms. The molecule has 2 aromatic heterocycles. The Bertz CT molecular complexity index is 1420. The van der Waals surface area contributed by atoms with Crippen molar-refractivity contribution in [3.63, 3.8) is 0 Å². The first-order valence-electron chi connectivity index (χ1n) is 14.2. The summed E-state index contributed by atoms with van der Waals surface area (Å²) in [6.45, 7) is 6.37. The molecule has 1 fully saturated rings. The van der Waals surface area contributed by atoms with Crippen LogP contribution in [-0.2, 0) is 41.6 Å². The molecule has 2 aliphatic heterocycles. The van der Waals surface area contributed by atoms with Gasteiger partial charge in [0, 0.05) is 30.4 Å². The summed E-state index contributed by atoms with van der Waals surface area (Å²) in [4.78, 5) is 59.3. The molecule has 0 radical (unpaired) electrons. The quantitative estimate of drug-likeness (QED) is 0.118. The van der Waals surface area contributed by atoms with Crippen molar-refractivity contribution >= 4 is 63.9 Å². The summed E-state index contributed by atoms with van der Waals surface area (Å²) in [5.74, 6) is -1.06. The Morgan fingerprint density at radius 2 is 2.02 bits per heavy atom. The summed E-state index contributed by atoms with van der Waals surface area (Å²) in [5, 5.41) is 16.7. The van der Waals surface area contributed by atoms with Crippen LogP contribution in [0, 0.1) is 0 Å². The maximum atomic E-state index is 13.6. The number of carbonyl (C=O) groups excluding carboxylic acids is 4. The lowest BCUT2D eigenvalue weighted by molar-refractivity contribution is -0.169. The van der Waals surface area contributed by atoms with Crippen molar-refractivity contribution in [1.82, 2.24) is 40.3 Å². The van der Waals surface area contributed by atoms with E-state index >= 15 is 0 Å². The number of nitrogens with one attached hydrogen (secondary N) is 1. The standard InChI is InChI=1S/C26H37N9O7S3/c1-6-7-14(2)40-26(39)42-15(3)41-23(38)20-16(12-45-25-30-31-32-34(25)9-8-33(4)5)11-43-22-19(21(37)35(20)22)29-18(36)10-17-13-44-24(27)28-17/h13-15,19,22H,6-12H2,1-5H3,(H2,27,28)(H,29,36)/t14?,15?,19-,22+/m1/s1. The van der Waals surface area contributed by atoms with Crippen LogP contribution in [0.5, 0.6) is 0 Å². The number of hydrogen-bond donors (Lipinski definition) is 2. The largest absolute Gasteiger partial charge is 0.511 e. The number of fused-ring (bicyclic) bond motifs is 1. The third kappa shape index (κ3) is 9.08. The summed E-state index contributed by atoms with van der Waals surface area (Å²) >= 11 is 3.95. The molecule has 0 saturated carbocycles. The summed E-state index contributed by atoms with van der Waals surface area (Å²) in [6.07, 6.45) is -1.18. The number of carbonyl (C=O) groups is 4. The van der Waals surface area contributed by atoms with Gasteiger partial charge in [-0.05, 0) is 43.4 Å². The van der Waals surface area contributed by atoms with Gasteiger partial charge >= 0.3 is 12.1 Å². The molecule has 0 bridgehead atoms. The molecule has 0 spiro atoms. The van der Waals surface area contributed by atoms with Crippen LogP contribution in [0.3, 0.4) is 0 Å². The van der Waals surface area contributed by atoms with Crippen molar-refractivity contribution in [3.05, 3.63) is 22.3 Å². The maximum absolute atomic E-state index is 13.6. The van der Waals surface area contributed by atoms with Gasteiger partial charge in [-0.1, -0.05) is 25.1 Å². The predicted octanol–water partition coefficient (Wildman–Crippen LogP) is 1.49. The third-order valence-corrected chi connectivity index (χ3v) is 9.74. The molecule has 2 aromatic rings. The van der Waals surface area contributed by atoms with Gasteiger partial charge in [-0.2, -0.15) is 0 Å². The second-order valence-corrected chi connectivity index (χ2v) is 13.5. The predicted molar refractivity (Wildman–Crippen MR) is 167 cm³/mol. The van der Waals surface area contributed by atoms with Crippen LogP contribution < -0.4 is 11.1 Å². The Morgan fingerprint density at radius 1 is 1.24 bits per heavy atom. The van der Waals surface area contributed by atoms with E-state index < -0.39 is 41.6 Å². The second-order valence-electron chi connectivity index (χ2n) is 10.6. The number of thioether (sulfide) groups is 2. The molecular formula is C26H37N9O7S3. The number of nitrogen functional groups attached to an aromatic ring is 1. The first-order valence-corrected chi connectivity index (χ1v) is 17.2. The van der Waals surface area contributed by atoms with E-state index in [1.54, 1.807) is 17.0 Å². The number of β-lactam (4-membered cyclic amide) rings is 1. The number of likely N-dealkylation sites (N-methyl/N-ethyl adjacent to an activating group) is 1. The van der Waals surface area contributed by atoms with Crippen LogP contribution in [0.15, 0.2) is 21.8 Å². The zero-order valence-corrected chi connectivity index (χ0v) is 28.1. The highest BCUT2D eigenvalue weighted by molar-refractivity contribution is 8.01. The van der Waals surface area contributed by atoms with Gasteiger partial charge in [0.25, 0.3) is 5.91 Å². The zero-order valence-electron chi connectivity index (χ0n) is 25.6. The highest BCUT2D eigenvalue weighted by atomic mass is 32.2. The van der Waals surface area contributed by atoms with E-state index in [0.29, 0.717) is 40.3 Å². The van der Waals surface area contributed by atoms with Gasteiger partial charge in [-0.3, -0.25) is 14.5 Å². The fraction of sp³-hybridized carbons (Fsp3) is 0.615. The molecule has 4 heterocycles. The van der Waals surface area contributed by atoms with Gasteiger partial charge in [-0.15, -0.1) is 28.2 Å². The average Bonchev–Trinajstić information content (AvgIpc) is 3.60. The van der Waals surface area contributed by atoms with Crippen molar-refractivity contribution < 1.29 is 33.4 Å². The number of esters is 1. The van der Waals surface area contributed by atoms with Gasteiger partial charge in [-0.25, -0.2) is 19.3 Å². The van der Waals surface area contributed by atoms with E-state index in [-0.39, 0.29) is 24.0 Å². The normalized spacial score (nSPS) is 19.1. The van der Waals surface area contributed by atoms with Gasteiger partial charge in [0.05, 0.1) is 18.7 Å². The third-order valence-electron chi connectivity index (χ3n) is 6.63.